The number of hydrogen-bond donors (Lipinski definition) is 1. The Bertz CT molecular complexity index is 415. The van der Waals surface area contributed by atoms with E-state index in [0.717, 1.165) is 23.1 Å². The van der Waals surface area contributed by atoms with Crippen molar-refractivity contribution < 1.29 is 0 Å². The number of nitrogens with one attached hydrogen (secondary N) is 1. The van der Waals surface area contributed by atoms with Gasteiger partial charge in [0, 0.05) is 18.3 Å². The van der Waals surface area contributed by atoms with Crippen LogP contribution in [0.3, 0.4) is 0 Å². The second-order valence-electron chi connectivity index (χ2n) is 3.15. The molecule has 1 aromatic rings. The predicted molar refractivity (Wildman–Crippen MR) is 51.0 cm³/mol. The molecule has 0 atom stereocenters. The molecule has 0 aliphatic rings. The molecule has 0 aromatic carbocycles. The molecule has 0 bridgehead atoms. The summed E-state index contributed by atoms with van der Waals surface area (Å²) in [7, 11) is 1.48. The minimum absolute atomic E-state index is 0.202. The van der Waals surface area contributed by atoms with Gasteiger partial charge >= 0.3 is 5.69 Å². The maximum atomic E-state index is 11.4. The first-order chi connectivity index (χ1) is 6.07. The lowest BCUT2D eigenvalue weighted by molar-refractivity contribution is 0.729. The molecular weight excluding hydrogens is 168 g/mol. The van der Waals surface area contributed by atoms with Gasteiger partial charge in [0.15, 0.2) is 0 Å². The van der Waals surface area contributed by atoms with Gasteiger partial charge in [0.2, 0.25) is 0 Å². The molecular formula is C9H14N2O2. The number of nitrogens with zero attached hydrogens (tertiary/aromatic N) is 1. The van der Waals surface area contributed by atoms with Crippen LogP contribution in [0.5, 0.6) is 0 Å². The maximum Gasteiger partial charge on any atom is 0.328 e. The van der Waals surface area contributed by atoms with Crippen LogP contribution in [0.4, 0.5) is 0 Å². The van der Waals surface area contributed by atoms with Crippen molar-refractivity contribution in [2.24, 2.45) is 7.05 Å². The third-order valence-electron chi connectivity index (χ3n) is 2.14. The van der Waals surface area contributed by atoms with E-state index >= 15 is 0 Å². The molecule has 72 valence electrons. The normalized spacial score (nSPS) is 10.4. The highest BCUT2D eigenvalue weighted by atomic mass is 16.2. The molecule has 13 heavy (non-hydrogen) atoms. The zero-order chi connectivity index (χ0) is 10.0. The molecule has 0 unspecified atom stereocenters. The molecule has 0 fully saturated rings. The van der Waals surface area contributed by atoms with Gasteiger partial charge in [-0.15, -0.1) is 0 Å². The van der Waals surface area contributed by atoms with Crippen molar-refractivity contribution >= 4 is 0 Å². The van der Waals surface area contributed by atoms with E-state index in [0.29, 0.717) is 5.56 Å². The summed E-state index contributed by atoms with van der Waals surface area (Å²) in [6, 6.07) is 0. The Balaban J connectivity index is 3.41. The van der Waals surface area contributed by atoms with Crippen molar-refractivity contribution in [2.75, 3.05) is 0 Å². The Morgan fingerprint density at radius 1 is 1.38 bits per heavy atom. The number of aromatic amines is 1. The molecule has 1 N–H and O–H groups in total. The number of hydrogen-bond acceptors (Lipinski definition) is 2. The molecule has 4 nitrogen and oxygen atoms in total. The van der Waals surface area contributed by atoms with Crippen molar-refractivity contribution in [1.29, 1.82) is 0 Å². The second-order valence-corrected chi connectivity index (χ2v) is 3.15. The first kappa shape index (κ1) is 9.77. The molecule has 0 amide bonds. The van der Waals surface area contributed by atoms with Crippen LogP contribution < -0.4 is 11.2 Å². The van der Waals surface area contributed by atoms with E-state index in [1.807, 2.05) is 6.92 Å². The van der Waals surface area contributed by atoms with E-state index in [-0.39, 0.29) is 11.2 Å². The third-order valence-corrected chi connectivity index (χ3v) is 2.14. The first-order valence-electron chi connectivity index (χ1n) is 4.36. The lowest BCUT2D eigenvalue weighted by atomic mass is 10.1. The van der Waals surface area contributed by atoms with Gasteiger partial charge in [0.05, 0.1) is 0 Å². The number of aromatic nitrogens is 2. The van der Waals surface area contributed by atoms with Gasteiger partial charge in [-0.3, -0.25) is 9.36 Å². The van der Waals surface area contributed by atoms with Gasteiger partial charge in [0.1, 0.15) is 0 Å². The van der Waals surface area contributed by atoms with Crippen molar-refractivity contribution in [2.45, 2.75) is 26.7 Å². The van der Waals surface area contributed by atoms with Gasteiger partial charge in [-0.1, -0.05) is 13.3 Å². The first-order valence-corrected chi connectivity index (χ1v) is 4.36. The molecule has 0 spiro atoms. The average molecular weight is 182 g/mol. The molecule has 1 heterocycles. The summed E-state index contributed by atoms with van der Waals surface area (Å²) in [6.45, 7) is 3.75. The fourth-order valence-electron chi connectivity index (χ4n) is 1.28. The van der Waals surface area contributed by atoms with Gasteiger partial charge in [-0.05, 0) is 13.3 Å². The van der Waals surface area contributed by atoms with Crippen molar-refractivity contribution in [1.82, 2.24) is 9.55 Å². The molecule has 1 rings (SSSR count). The number of H-pyrrole nitrogens is 1. The van der Waals surface area contributed by atoms with Crippen LogP contribution in [-0.4, -0.2) is 9.55 Å². The standard InChI is InChI=1S/C9H14N2O2/c1-4-5-7-6(2)8(12)11(3)9(13)10-7/h4-5H2,1-3H3,(H,10,13). The van der Waals surface area contributed by atoms with Crippen LogP contribution in [0.25, 0.3) is 0 Å². The summed E-state index contributed by atoms with van der Waals surface area (Å²) in [6.07, 6.45) is 1.67. The van der Waals surface area contributed by atoms with E-state index in [1.165, 1.54) is 7.05 Å². The molecule has 4 heteroatoms. The molecule has 0 aliphatic carbocycles. The van der Waals surface area contributed by atoms with Crippen LogP contribution in [0, 0.1) is 6.92 Å². The predicted octanol–water partition coefficient (Wildman–Crippen LogP) is 0.335. The summed E-state index contributed by atoms with van der Waals surface area (Å²) in [4.78, 5) is 25.3. The second kappa shape index (κ2) is 3.60. The SMILES string of the molecule is CCCc1[nH]c(=O)n(C)c(=O)c1C. The van der Waals surface area contributed by atoms with E-state index in [4.69, 9.17) is 0 Å². The number of rotatable bonds is 2. The topological polar surface area (TPSA) is 54.9 Å². The number of aryl methyl sites for hydroxylation is 1. The zero-order valence-corrected chi connectivity index (χ0v) is 8.18. The van der Waals surface area contributed by atoms with E-state index in [1.54, 1.807) is 6.92 Å². The highest BCUT2D eigenvalue weighted by molar-refractivity contribution is 5.14. The molecule has 0 aliphatic heterocycles. The largest absolute Gasteiger partial charge is 0.328 e. The summed E-state index contributed by atoms with van der Waals surface area (Å²) >= 11 is 0. The van der Waals surface area contributed by atoms with Gasteiger partial charge in [0.25, 0.3) is 5.56 Å². The molecule has 1 aromatic heterocycles. The Morgan fingerprint density at radius 2 is 2.00 bits per heavy atom. The van der Waals surface area contributed by atoms with Crippen molar-refractivity contribution in [3.8, 4) is 0 Å². The minimum Gasteiger partial charge on any atom is -0.311 e. The Labute approximate surface area is 76.2 Å². The average Bonchev–Trinajstić information content (AvgIpc) is 2.11. The molecule has 0 radical (unpaired) electrons. The molecule has 0 saturated heterocycles. The Morgan fingerprint density at radius 3 is 2.54 bits per heavy atom. The quantitative estimate of drug-likeness (QED) is 0.716. The highest BCUT2D eigenvalue weighted by Gasteiger charge is 2.05. The smallest absolute Gasteiger partial charge is 0.311 e. The van der Waals surface area contributed by atoms with Crippen molar-refractivity contribution in [3.05, 3.63) is 32.1 Å². The highest BCUT2D eigenvalue weighted by Crippen LogP contribution is 1.98. The van der Waals surface area contributed by atoms with E-state index in [2.05, 4.69) is 4.98 Å². The lowest BCUT2D eigenvalue weighted by Gasteiger charge is -2.04. The lowest BCUT2D eigenvalue weighted by Crippen LogP contribution is -2.35. The summed E-state index contributed by atoms with van der Waals surface area (Å²) < 4.78 is 1.09. The van der Waals surface area contributed by atoms with Gasteiger partial charge in [-0.25, -0.2) is 4.79 Å². The molecule has 0 saturated carbocycles. The van der Waals surface area contributed by atoms with Gasteiger partial charge in [-0.2, -0.15) is 0 Å². The fraction of sp³-hybridized carbons (Fsp3) is 0.556. The van der Waals surface area contributed by atoms with Crippen LogP contribution in [0.1, 0.15) is 24.6 Å². The van der Waals surface area contributed by atoms with Crippen LogP contribution in [-0.2, 0) is 13.5 Å². The minimum atomic E-state index is -0.334. The summed E-state index contributed by atoms with van der Waals surface area (Å²) in [5.74, 6) is 0. The summed E-state index contributed by atoms with van der Waals surface area (Å²) in [5, 5.41) is 0. The van der Waals surface area contributed by atoms with Crippen molar-refractivity contribution in [3.63, 3.8) is 0 Å². The fourth-order valence-corrected chi connectivity index (χ4v) is 1.28. The zero-order valence-electron chi connectivity index (χ0n) is 8.18. The van der Waals surface area contributed by atoms with E-state index < -0.39 is 0 Å². The van der Waals surface area contributed by atoms with Gasteiger partial charge < -0.3 is 4.98 Å². The summed E-state index contributed by atoms with van der Waals surface area (Å²) in [5.41, 5.74) is 0.866. The monoisotopic (exact) mass is 182 g/mol. The Kier molecular flexibility index (Phi) is 2.70. The third kappa shape index (κ3) is 1.71. The van der Waals surface area contributed by atoms with Crippen LogP contribution in [0.15, 0.2) is 9.59 Å². The van der Waals surface area contributed by atoms with Crippen LogP contribution in [0.2, 0.25) is 0 Å². The Hall–Kier alpha value is -1.32. The maximum absolute atomic E-state index is 11.4. The van der Waals surface area contributed by atoms with E-state index in [9.17, 15) is 9.59 Å². The van der Waals surface area contributed by atoms with Crippen LogP contribution >= 0.6 is 0 Å².